The molecule has 0 bridgehead atoms. The molecule has 38 heavy (non-hydrogen) atoms. The summed E-state index contributed by atoms with van der Waals surface area (Å²) in [6, 6.07) is 22.5. The third-order valence-electron chi connectivity index (χ3n) is 6.34. The van der Waals surface area contributed by atoms with Gasteiger partial charge in [-0.15, -0.1) is 0 Å². The SMILES string of the molecule is CCCCNC(=O)[C@H](Cc1ccccc1)N(Cc1cccc(OC)c1)C(=O)COc1ccc(CC)cc1Br. The normalized spacial score (nSPS) is 11.5. The fourth-order valence-electron chi connectivity index (χ4n) is 4.13. The molecule has 0 saturated heterocycles. The van der Waals surface area contributed by atoms with Gasteiger partial charge in [-0.2, -0.15) is 0 Å². The number of benzene rings is 3. The summed E-state index contributed by atoms with van der Waals surface area (Å²) >= 11 is 3.55. The topological polar surface area (TPSA) is 67.9 Å². The number of unbranched alkanes of at least 4 members (excludes halogenated alkanes) is 1. The van der Waals surface area contributed by atoms with Crippen molar-refractivity contribution in [3.05, 3.63) is 94.0 Å². The van der Waals surface area contributed by atoms with Gasteiger partial charge in [-0.1, -0.05) is 68.8 Å². The molecule has 3 aromatic rings. The largest absolute Gasteiger partial charge is 0.497 e. The molecule has 0 aliphatic heterocycles. The summed E-state index contributed by atoms with van der Waals surface area (Å²) < 4.78 is 12.1. The predicted octanol–water partition coefficient (Wildman–Crippen LogP) is 5.96. The molecule has 2 amide bonds. The molecular formula is C31H37BrN2O4. The van der Waals surface area contributed by atoms with E-state index >= 15 is 0 Å². The highest BCUT2D eigenvalue weighted by Gasteiger charge is 2.30. The smallest absolute Gasteiger partial charge is 0.261 e. The second-order valence-corrected chi connectivity index (χ2v) is 9.98. The Kier molecular flexibility index (Phi) is 11.7. The molecule has 0 aliphatic carbocycles. The molecule has 0 unspecified atom stereocenters. The number of carbonyl (C=O) groups excluding carboxylic acids is 2. The molecule has 0 radical (unpaired) electrons. The zero-order valence-electron chi connectivity index (χ0n) is 22.4. The monoisotopic (exact) mass is 580 g/mol. The van der Waals surface area contributed by atoms with Crippen LogP contribution >= 0.6 is 15.9 Å². The summed E-state index contributed by atoms with van der Waals surface area (Å²) in [6.07, 6.45) is 3.14. The Balaban J connectivity index is 1.90. The van der Waals surface area contributed by atoms with Gasteiger partial charge in [-0.25, -0.2) is 0 Å². The molecule has 6 nitrogen and oxygen atoms in total. The molecule has 1 atom stereocenters. The zero-order chi connectivity index (χ0) is 27.3. The van der Waals surface area contributed by atoms with Crippen molar-refractivity contribution < 1.29 is 19.1 Å². The Hall–Kier alpha value is -3.32. The lowest BCUT2D eigenvalue weighted by Gasteiger charge is -2.31. The minimum absolute atomic E-state index is 0.174. The van der Waals surface area contributed by atoms with Crippen LogP contribution in [-0.2, 0) is 29.0 Å². The van der Waals surface area contributed by atoms with Crippen molar-refractivity contribution in [3.8, 4) is 11.5 Å². The minimum atomic E-state index is -0.706. The van der Waals surface area contributed by atoms with E-state index in [4.69, 9.17) is 9.47 Å². The second kappa shape index (κ2) is 15.2. The molecule has 0 fully saturated rings. The van der Waals surface area contributed by atoms with Crippen LogP contribution < -0.4 is 14.8 Å². The Bertz CT molecular complexity index is 1190. The molecular weight excluding hydrogens is 544 g/mol. The van der Waals surface area contributed by atoms with E-state index in [0.29, 0.717) is 24.5 Å². The van der Waals surface area contributed by atoms with E-state index in [1.807, 2.05) is 72.8 Å². The van der Waals surface area contributed by atoms with Gasteiger partial charge in [0.15, 0.2) is 6.61 Å². The lowest BCUT2D eigenvalue weighted by atomic mass is 10.0. The van der Waals surface area contributed by atoms with Gasteiger partial charge < -0.3 is 19.7 Å². The summed E-state index contributed by atoms with van der Waals surface area (Å²) in [7, 11) is 1.61. The van der Waals surface area contributed by atoms with Gasteiger partial charge >= 0.3 is 0 Å². The number of methoxy groups -OCH3 is 1. The second-order valence-electron chi connectivity index (χ2n) is 9.13. The molecule has 0 spiro atoms. The van der Waals surface area contributed by atoms with Gasteiger partial charge in [-0.05, 0) is 69.7 Å². The van der Waals surface area contributed by atoms with Crippen LogP contribution in [0.2, 0.25) is 0 Å². The van der Waals surface area contributed by atoms with Crippen molar-refractivity contribution in [2.75, 3.05) is 20.3 Å². The summed E-state index contributed by atoms with van der Waals surface area (Å²) in [4.78, 5) is 28.9. The van der Waals surface area contributed by atoms with Crippen molar-refractivity contribution in [1.82, 2.24) is 10.2 Å². The molecule has 0 aromatic heterocycles. The maximum atomic E-state index is 13.8. The summed E-state index contributed by atoms with van der Waals surface area (Å²) in [6.45, 7) is 4.78. The highest BCUT2D eigenvalue weighted by molar-refractivity contribution is 9.10. The molecule has 1 N–H and O–H groups in total. The Morgan fingerprint density at radius 1 is 0.947 bits per heavy atom. The minimum Gasteiger partial charge on any atom is -0.497 e. The Morgan fingerprint density at radius 2 is 1.71 bits per heavy atom. The van der Waals surface area contributed by atoms with Gasteiger partial charge in [0.1, 0.15) is 17.5 Å². The number of rotatable bonds is 14. The van der Waals surface area contributed by atoms with Gasteiger partial charge in [0.2, 0.25) is 5.91 Å². The number of amides is 2. The number of hydrogen-bond acceptors (Lipinski definition) is 4. The molecule has 0 heterocycles. The van der Waals surface area contributed by atoms with Gasteiger partial charge in [0.05, 0.1) is 11.6 Å². The fourth-order valence-corrected chi connectivity index (χ4v) is 4.67. The van der Waals surface area contributed by atoms with Gasteiger partial charge in [0.25, 0.3) is 5.91 Å². The standard InChI is InChI=1S/C31H37BrN2O4/c1-4-6-17-33-31(36)28(20-24-11-8-7-9-12-24)34(21-25-13-10-14-26(18-25)37-3)30(35)22-38-29-16-15-23(5-2)19-27(29)32/h7-16,18-19,28H,4-6,17,20-22H2,1-3H3,(H,33,36)/t28-/m0/s1. The highest BCUT2D eigenvalue weighted by Crippen LogP contribution is 2.27. The fraction of sp³-hybridized carbons (Fsp3) is 0.355. The first kappa shape index (κ1) is 29.2. The number of nitrogens with one attached hydrogen (secondary N) is 1. The molecule has 3 rings (SSSR count). The van der Waals surface area contributed by atoms with E-state index in [0.717, 1.165) is 34.9 Å². The number of ether oxygens (including phenoxy) is 2. The van der Waals surface area contributed by atoms with Crippen LogP contribution in [0.1, 0.15) is 43.4 Å². The molecule has 0 saturated carbocycles. The van der Waals surface area contributed by atoms with Crippen LogP contribution in [-0.4, -0.2) is 43.0 Å². The van der Waals surface area contributed by atoms with E-state index in [1.165, 1.54) is 5.56 Å². The predicted molar refractivity (Wildman–Crippen MR) is 154 cm³/mol. The van der Waals surface area contributed by atoms with Crippen molar-refractivity contribution in [3.63, 3.8) is 0 Å². The zero-order valence-corrected chi connectivity index (χ0v) is 24.0. The van der Waals surface area contributed by atoms with Gasteiger partial charge in [-0.3, -0.25) is 9.59 Å². The average molecular weight is 582 g/mol. The molecule has 0 aliphatic rings. The maximum absolute atomic E-state index is 13.8. The van der Waals surface area contributed by atoms with Crippen LogP contribution in [0, 0.1) is 0 Å². The van der Waals surface area contributed by atoms with E-state index in [9.17, 15) is 9.59 Å². The van der Waals surface area contributed by atoms with E-state index in [-0.39, 0.29) is 25.0 Å². The summed E-state index contributed by atoms with van der Waals surface area (Å²) in [5.41, 5.74) is 3.01. The highest BCUT2D eigenvalue weighted by atomic mass is 79.9. The first-order valence-electron chi connectivity index (χ1n) is 13.1. The third-order valence-corrected chi connectivity index (χ3v) is 6.96. The number of nitrogens with zero attached hydrogens (tertiary/aromatic N) is 1. The average Bonchev–Trinajstić information content (AvgIpc) is 2.94. The number of halogens is 1. The Labute approximate surface area is 234 Å². The van der Waals surface area contributed by atoms with Gasteiger partial charge in [0, 0.05) is 19.5 Å². The Morgan fingerprint density at radius 3 is 2.39 bits per heavy atom. The summed E-state index contributed by atoms with van der Waals surface area (Å²) in [5.74, 6) is 0.833. The maximum Gasteiger partial charge on any atom is 0.261 e. The van der Waals surface area contributed by atoms with Crippen molar-refractivity contribution in [2.45, 2.75) is 52.1 Å². The third kappa shape index (κ3) is 8.62. The van der Waals surface area contributed by atoms with E-state index in [1.54, 1.807) is 12.0 Å². The number of carbonyl (C=O) groups is 2. The van der Waals surface area contributed by atoms with Crippen LogP contribution in [0.4, 0.5) is 0 Å². The molecule has 3 aromatic carbocycles. The van der Waals surface area contributed by atoms with E-state index in [2.05, 4.69) is 35.1 Å². The van der Waals surface area contributed by atoms with Crippen LogP contribution in [0.5, 0.6) is 11.5 Å². The van der Waals surface area contributed by atoms with Crippen molar-refractivity contribution >= 4 is 27.7 Å². The molecule has 7 heteroatoms. The first-order chi connectivity index (χ1) is 18.4. The van der Waals surface area contributed by atoms with Crippen molar-refractivity contribution in [2.24, 2.45) is 0 Å². The molecule has 202 valence electrons. The number of hydrogen-bond donors (Lipinski definition) is 1. The summed E-state index contributed by atoms with van der Waals surface area (Å²) in [5, 5.41) is 3.04. The van der Waals surface area contributed by atoms with Crippen LogP contribution in [0.3, 0.4) is 0 Å². The van der Waals surface area contributed by atoms with Crippen molar-refractivity contribution in [1.29, 1.82) is 0 Å². The lowest BCUT2D eigenvalue weighted by molar-refractivity contribution is -0.142. The lowest BCUT2D eigenvalue weighted by Crippen LogP contribution is -2.51. The first-order valence-corrected chi connectivity index (χ1v) is 13.9. The van der Waals surface area contributed by atoms with Crippen LogP contribution in [0.15, 0.2) is 77.3 Å². The quantitative estimate of drug-likeness (QED) is 0.239. The van der Waals surface area contributed by atoms with E-state index < -0.39 is 6.04 Å². The number of aryl methyl sites for hydroxylation is 1. The van der Waals surface area contributed by atoms with Crippen LogP contribution in [0.25, 0.3) is 0 Å².